The summed E-state index contributed by atoms with van der Waals surface area (Å²) in [6.07, 6.45) is 16.2. The summed E-state index contributed by atoms with van der Waals surface area (Å²) in [5, 5.41) is 17.8. The molecule has 2 N–H and O–H groups in total. The molecule has 3 aliphatic rings. The van der Waals surface area contributed by atoms with Crippen molar-refractivity contribution in [2.75, 3.05) is 18.5 Å². The highest BCUT2D eigenvalue weighted by molar-refractivity contribution is 5.69. The predicted molar refractivity (Wildman–Crippen MR) is 139 cm³/mol. The monoisotopic (exact) mass is 434 g/mol. The molecule has 0 amide bonds. The van der Waals surface area contributed by atoms with Gasteiger partial charge in [-0.15, -0.1) is 0 Å². The summed E-state index contributed by atoms with van der Waals surface area (Å²) in [7, 11) is 0. The lowest BCUT2D eigenvalue weighted by molar-refractivity contribution is 0.311. The highest BCUT2D eigenvalue weighted by Crippen LogP contribution is 2.18. The molecule has 0 radical (unpaired) electrons. The molecule has 0 atom stereocenters. The fraction of sp³-hybridized carbons (Fsp3) is 0.233. The molecule has 1 heterocycles. The lowest BCUT2D eigenvalue weighted by Crippen LogP contribution is -2.22. The van der Waals surface area contributed by atoms with Gasteiger partial charge in [0.1, 0.15) is 0 Å². The smallest absolute Gasteiger partial charge is 0.0604 e. The quantitative estimate of drug-likeness (QED) is 0.652. The van der Waals surface area contributed by atoms with E-state index in [2.05, 4.69) is 77.1 Å². The van der Waals surface area contributed by atoms with Crippen LogP contribution in [-0.4, -0.2) is 24.5 Å². The van der Waals surface area contributed by atoms with Crippen molar-refractivity contribution >= 4 is 30.1 Å². The Labute approximate surface area is 194 Å². The van der Waals surface area contributed by atoms with Crippen molar-refractivity contribution < 1.29 is 5.11 Å². The first-order valence-corrected chi connectivity index (χ1v) is 11.9. The van der Waals surface area contributed by atoms with Gasteiger partial charge in [-0.05, 0) is 75.7 Å². The maximum Gasteiger partial charge on any atom is 0.0604 e. The van der Waals surface area contributed by atoms with Crippen molar-refractivity contribution in [2.45, 2.75) is 32.1 Å². The maximum absolute atomic E-state index is 9.05. The fourth-order valence-corrected chi connectivity index (χ4v) is 5.01. The van der Waals surface area contributed by atoms with E-state index in [0.717, 1.165) is 18.5 Å². The second kappa shape index (κ2) is 10.0. The average Bonchev–Trinajstić information content (AvgIpc) is 3.13. The molecule has 0 saturated heterocycles. The summed E-state index contributed by atoms with van der Waals surface area (Å²) in [4.78, 5) is 4.08. The van der Waals surface area contributed by atoms with Crippen LogP contribution in [0.15, 0.2) is 65.8 Å². The molecule has 3 aromatic carbocycles. The molecule has 0 aromatic heterocycles. The number of hydrogen-bond donors (Lipinski definition) is 2. The molecular formula is C30H30N2O. The van der Waals surface area contributed by atoms with Gasteiger partial charge >= 0.3 is 0 Å². The molecule has 0 spiro atoms. The van der Waals surface area contributed by atoms with Gasteiger partial charge in [-0.1, -0.05) is 60.7 Å². The van der Waals surface area contributed by atoms with Crippen LogP contribution in [0.4, 0.5) is 5.69 Å². The summed E-state index contributed by atoms with van der Waals surface area (Å²) in [5.41, 5.74) is 6.83. The highest BCUT2D eigenvalue weighted by Gasteiger charge is 2.12. The number of rotatable bonds is 3. The minimum atomic E-state index is 0.156. The molecule has 0 fully saturated rings. The van der Waals surface area contributed by atoms with Gasteiger partial charge in [0.2, 0.25) is 0 Å². The summed E-state index contributed by atoms with van der Waals surface area (Å²) in [6.45, 7) is 0.750. The predicted octanol–water partition coefficient (Wildman–Crippen LogP) is 4.12. The zero-order valence-electron chi connectivity index (χ0n) is 18.9. The molecule has 166 valence electrons. The Morgan fingerprint density at radius 3 is 2.76 bits per heavy atom. The summed E-state index contributed by atoms with van der Waals surface area (Å²) < 4.78 is 0. The van der Waals surface area contributed by atoms with Gasteiger partial charge in [-0.3, -0.25) is 4.99 Å². The van der Waals surface area contributed by atoms with Gasteiger partial charge < -0.3 is 10.4 Å². The Kier molecular flexibility index (Phi) is 6.50. The molecule has 0 unspecified atom stereocenters. The largest absolute Gasteiger partial charge is 0.395 e. The maximum atomic E-state index is 9.05. The number of fused-ring (bicyclic) bond motifs is 5. The first kappa shape index (κ1) is 21.4. The van der Waals surface area contributed by atoms with Crippen molar-refractivity contribution in [3.05, 3.63) is 104 Å². The van der Waals surface area contributed by atoms with Crippen molar-refractivity contribution in [3.8, 4) is 0 Å². The SMILES string of the molecule is C1=Cc2ccccc2CC=N1.OCCNc1cccc2c1=CCc1c3c(ccc1=2)=CCCC3. The first-order chi connectivity index (χ1) is 16.3. The molecule has 6 rings (SSSR count). The molecule has 1 aliphatic heterocycles. The van der Waals surface area contributed by atoms with Crippen LogP contribution in [0.2, 0.25) is 0 Å². The molecule has 0 bridgehead atoms. The number of hydrogen-bond acceptors (Lipinski definition) is 3. The van der Waals surface area contributed by atoms with Gasteiger partial charge in [0.05, 0.1) is 6.61 Å². The molecular weight excluding hydrogens is 404 g/mol. The number of nitrogens with one attached hydrogen (secondary N) is 1. The van der Waals surface area contributed by atoms with Crippen LogP contribution >= 0.6 is 0 Å². The lowest BCUT2D eigenvalue weighted by Gasteiger charge is -2.17. The standard InChI is InChI=1S/C20H21NO.C10H9N/c22-13-12-21-20-7-3-6-16-18-9-8-14-4-1-2-5-15(14)17(18)10-11-19(16)20;1-2-4-10-6-8-11-7-5-9(10)3-1/h3-4,6-9,11,21-22H,1-2,5,10,12-13H2;1-5,7-8H,6H2. The Morgan fingerprint density at radius 1 is 0.879 bits per heavy atom. The highest BCUT2D eigenvalue weighted by atomic mass is 16.3. The van der Waals surface area contributed by atoms with E-state index in [1.54, 1.807) is 5.56 Å². The van der Waals surface area contributed by atoms with Gasteiger partial charge in [0.25, 0.3) is 0 Å². The second-order valence-corrected chi connectivity index (χ2v) is 8.63. The molecule has 2 aliphatic carbocycles. The Bertz CT molecular complexity index is 1430. The Morgan fingerprint density at radius 2 is 1.82 bits per heavy atom. The van der Waals surface area contributed by atoms with E-state index in [-0.39, 0.29) is 6.61 Å². The van der Waals surface area contributed by atoms with Crippen LogP contribution < -0.4 is 15.8 Å². The fourth-order valence-electron chi connectivity index (χ4n) is 5.01. The normalized spacial score (nSPS) is 14.7. The zero-order valence-corrected chi connectivity index (χ0v) is 18.9. The second-order valence-electron chi connectivity index (χ2n) is 8.63. The minimum absolute atomic E-state index is 0.156. The van der Waals surface area contributed by atoms with Crippen molar-refractivity contribution in [1.82, 2.24) is 0 Å². The number of aliphatic hydroxyl groups excluding tert-OH is 1. The van der Waals surface area contributed by atoms with Crippen LogP contribution in [0.1, 0.15) is 35.1 Å². The molecule has 3 aromatic rings. The number of benzene rings is 3. The number of anilines is 1. The van der Waals surface area contributed by atoms with E-state index in [9.17, 15) is 0 Å². The van der Waals surface area contributed by atoms with Crippen LogP contribution in [0.25, 0.3) is 18.2 Å². The van der Waals surface area contributed by atoms with Gasteiger partial charge in [0.15, 0.2) is 0 Å². The van der Waals surface area contributed by atoms with Crippen molar-refractivity contribution in [2.24, 2.45) is 4.99 Å². The zero-order chi connectivity index (χ0) is 22.5. The summed E-state index contributed by atoms with van der Waals surface area (Å²) >= 11 is 0. The number of aliphatic imine (C=N–C) groups is 1. The van der Waals surface area contributed by atoms with Gasteiger partial charge in [-0.25, -0.2) is 0 Å². The number of nitrogens with zero attached hydrogens (tertiary/aromatic N) is 1. The lowest BCUT2D eigenvalue weighted by atomic mass is 9.89. The van der Waals surface area contributed by atoms with Gasteiger partial charge in [-0.2, -0.15) is 0 Å². The van der Waals surface area contributed by atoms with Crippen LogP contribution in [-0.2, 0) is 19.3 Å². The third-order valence-electron chi connectivity index (χ3n) is 6.61. The van der Waals surface area contributed by atoms with Crippen LogP contribution in [0, 0.1) is 10.4 Å². The average molecular weight is 435 g/mol. The van der Waals surface area contributed by atoms with Crippen molar-refractivity contribution in [1.29, 1.82) is 0 Å². The minimum Gasteiger partial charge on any atom is -0.395 e. The van der Waals surface area contributed by atoms with E-state index in [4.69, 9.17) is 5.11 Å². The first-order valence-electron chi connectivity index (χ1n) is 11.9. The van der Waals surface area contributed by atoms with E-state index in [1.807, 2.05) is 18.5 Å². The summed E-state index contributed by atoms with van der Waals surface area (Å²) in [6, 6.07) is 19.4. The van der Waals surface area contributed by atoms with Crippen LogP contribution in [0.3, 0.4) is 0 Å². The molecule has 3 heteroatoms. The number of aliphatic hydroxyl groups is 1. The Balaban J connectivity index is 0.000000174. The third kappa shape index (κ3) is 4.55. The Hall–Kier alpha value is -3.43. The van der Waals surface area contributed by atoms with E-state index < -0.39 is 0 Å². The van der Waals surface area contributed by atoms with E-state index in [1.165, 1.54) is 56.8 Å². The third-order valence-corrected chi connectivity index (χ3v) is 6.61. The molecule has 33 heavy (non-hydrogen) atoms. The van der Waals surface area contributed by atoms with Crippen molar-refractivity contribution in [3.63, 3.8) is 0 Å². The van der Waals surface area contributed by atoms with E-state index >= 15 is 0 Å². The molecule has 0 saturated carbocycles. The van der Waals surface area contributed by atoms with Gasteiger partial charge in [0, 0.05) is 36.3 Å². The van der Waals surface area contributed by atoms with Crippen LogP contribution in [0.5, 0.6) is 0 Å². The molecule has 3 nitrogen and oxygen atoms in total. The topological polar surface area (TPSA) is 44.6 Å². The summed E-state index contributed by atoms with van der Waals surface area (Å²) in [5.74, 6) is 0. The van der Waals surface area contributed by atoms with E-state index in [0.29, 0.717) is 6.54 Å².